The van der Waals surface area contributed by atoms with Gasteiger partial charge in [0.15, 0.2) is 0 Å². The third-order valence-corrected chi connectivity index (χ3v) is 7.54. The van der Waals surface area contributed by atoms with E-state index in [-0.39, 0.29) is 12.6 Å². The maximum Gasteiger partial charge on any atom is 0.241 e. The molecule has 1 N–H and O–H groups in total. The summed E-state index contributed by atoms with van der Waals surface area (Å²) in [6.45, 7) is 7.55. The van der Waals surface area contributed by atoms with Crippen molar-refractivity contribution in [1.82, 2.24) is 9.62 Å². The van der Waals surface area contributed by atoms with Gasteiger partial charge in [0, 0.05) is 19.6 Å². The van der Waals surface area contributed by atoms with Gasteiger partial charge < -0.3 is 4.42 Å². The first-order chi connectivity index (χ1) is 14.3. The second kappa shape index (κ2) is 8.38. The first-order valence-corrected chi connectivity index (χ1v) is 11.8. The molecule has 1 aromatic heterocycles. The lowest BCUT2D eigenvalue weighted by Gasteiger charge is -2.34. The number of benzene rings is 2. The highest BCUT2D eigenvalue weighted by atomic mass is 32.2. The van der Waals surface area contributed by atoms with E-state index >= 15 is 0 Å². The zero-order valence-corrected chi connectivity index (χ0v) is 18.5. The van der Waals surface area contributed by atoms with Gasteiger partial charge >= 0.3 is 0 Å². The van der Waals surface area contributed by atoms with Crippen molar-refractivity contribution in [2.45, 2.75) is 44.7 Å². The smallest absolute Gasteiger partial charge is 0.241 e. The summed E-state index contributed by atoms with van der Waals surface area (Å²) in [5.74, 6) is 0.773. The van der Waals surface area contributed by atoms with Crippen LogP contribution in [0, 0.1) is 20.8 Å². The highest BCUT2D eigenvalue weighted by Gasteiger charge is 2.29. The lowest BCUT2D eigenvalue weighted by Crippen LogP contribution is -2.40. The quantitative estimate of drug-likeness (QED) is 0.641. The van der Waals surface area contributed by atoms with Crippen molar-refractivity contribution in [2.75, 3.05) is 13.1 Å². The largest absolute Gasteiger partial charge is 0.468 e. The monoisotopic (exact) mass is 424 g/mol. The summed E-state index contributed by atoms with van der Waals surface area (Å²) in [5, 5.41) is 0. The fraction of sp³-hybridized carbons (Fsp3) is 0.333. The van der Waals surface area contributed by atoms with Crippen molar-refractivity contribution in [3.63, 3.8) is 0 Å². The van der Waals surface area contributed by atoms with E-state index in [1.807, 2.05) is 45.0 Å². The van der Waals surface area contributed by atoms with E-state index in [1.54, 1.807) is 6.26 Å². The van der Waals surface area contributed by atoms with Gasteiger partial charge in [-0.05, 0) is 61.6 Å². The molecule has 0 unspecified atom stereocenters. The molecule has 2 heterocycles. The van der Waals surface area contributed by atoms with Gasteiger partial charge in [0.1, 0.15) is 5.76 Å². The third-order valence-electron chi connectivity index (χ3n) is 5.81. The molecule has 0 saturated heterocycles. The molecular weight excluding hydrogens is 396 g/mol. The molecule has 2 aromatic carbocycles. The molecule has 1 aliphatic rings. The van der Waals surface area contributed by atoms with Gasteiger partial charge in [0.25, 0.3) is 0 Å². The number of aryl methyl sites for hydroxylation is 3. The topological polar surface area (TPSA) is 62.6 Å². The van der Waals surface area contributed by atoms with E-state index in [1.165, 1.54) is 11.1 Å². The van der Waals surface area contributed by atoms with Crippen LogP contribution in [0.4, 0.5) is 0 Å². The van der Waals surface area contributed by atoms with Crippen molar-refractivity contribution < 1.29 is 12.8 Å². The summed E-state index contributed by atoms with van der Waals surface area (Å²) in [7, 11) is -3.64. The Balaban J connectivity index is 1.59. The maximum absolute atomic E-state index is 13.2. The van der Waals surface area contributed by atoms with Crippen molar-refractivity contribution in [3.05, 3.63) is 88.4 Å². The van der Waals surface area contributed by atoms with Crippen molar-refractivity contribution in [1.29, 1.82) is 0 Å². The number of sulfonamides is 1. The first kappa shape index (κ1) is 20.8. The Labute approximate surface area is 178 Å². The molecule has 0 amide bonds. The molecule has 0 spiro atoms. The standard InChI is InChI=1S/C24H28N2O3S/c1-17-13-18(2)24(19(3)14-17)30(27,28)25-15-22(23-9-6-12-29-23)26-11-10-20-7-4-5-8-21(20)16-26/h4-9,12-14,22,25H,10-11,15-16H2,1-3H3/t22-/m0/s1. The van der Waals surface area contributed by atoms with Gasteiger partial charge in [-0.1, -0.05) is 42.0 Å². The summed E-state index contributed by atoms with van der Waals surface area (Å²) in [6.07, 6.45) is 2.58. The van der Waals surface area contributed by atoms with Crippen LogP contribution in [-0.4, -0.2) is 26.4 Å². The normalized spacial score (nSPS) is 15.7. The minimum absolute atomic E-state index is 0.172. The molecule has 30 heavy (non-hydrogen) atoms. The molecule has 1 atom stereocenters. The van der Waals surface area contributed by atoms with E-state index in [0.717, 1.165) is 42.0 Å². The lowest BCUT2D eigenvalue weighted by atomic mass is 9.98. The average Bonchev–Trinajstić information content (AvgIpc) is 3.21. The fourth-order valence-electron chi connectivity index (χ4n) is 4.53. The number of fused-ring (bicyclic) bond motifs is 1. The Hall–Kier alpha value is -2.41. The summed E-state index contributed by atoms with van der Waals surface area (Å²) in [6, 6.07) is 15.8. The molecular formula is C24H28N2O3S. The zero-order chi connectivity index (χ0) is 21.3. The molecule has 4 rings (SSSR count). The van der Waals surface area contributed by atoms with Crippen LogP contribution in [-0.2, 0) is 23.0 Å². The molecule has 6 heteroatoms. The Morgan fingerprint density at radius 3 is 2.40 bits per heavy atom. The van der Waals surface area contributed by atoms with Crippen molar-refractivity contribution in [3.8, 4) is 0 Å². The van der Waals surface area contributed by atoms with Crippen LogP contribution < -0.4 is 4.72 Å². The number of nitrogens with one attached hydrogen (secondary N) is 1. The number of nitrogens with zero attached hydrogens (tertiary/aromatic N) is 1. The van der Waals surface area contributed by atoms with Gasteiger partial charge in [-0.2, -0.15) is 0 Å². The predicted octanol–water partition coefficient (Wildman–Crippen LogP) is 4.28. The first-order valence-electron chi connectivity index (χ1n) is 10.3. The average molecular weight is 425 g/mol. The minimum atomic E-state index is -3.64. The van der Waals surface area contributed by atoms with Gasteiger partial charge in [-0.3, -0.25) is 4.90 Å². The van der Waals surface area contributed by atoms with Crippen LogP contribution in [0.15, 0.2) is 64.1 Å². The van der Waals surface area contributed by atoms with Gasteiger partial charge in [-0.25, -0.2) is 13.1 Å². The molecule has 0 aliphatic carbocycles. The van der Waals surface area contributed by atoms with Crippen LogP contribution in [0.3, 0.4) is 0 Å². The van der Waals surface area contributed by atoms with Gasteiger partial charge in [-0.15, -0.1) is 0 Å². The fourth-order valence-corrected chi connectivity index (χ4v) is 6.01. The maximum atomic E-state index is 13.2. The number of hydrogen-bond acceptors (Lipinski definition) is 4. The molecule has 0 fully saturated rings. The van der Waals surface area contributed by atoms with Crippen LogP contribution in [0.25, 0.3) is 0 Å². The molecule has 5 nitrogen and oxygen atoms in total. The Kier molecular flexibility index (Phi) is 5.82. The van der Waals surface area contributed by atoms with Crippen LogP contribution >= 0.6 is 0 Å². The summed E-state index contributed by atoms with van der Waals surface area (Å²) >= 11 is 0. The van der Waals surface area contributed by atoms with E-state index in [0.29, 0.717) is 4.90 Å². The summed E-state index contributed by atoms with van der Waals surface area (Å²) in [5.41, 5.74) is 5.24. The Morgan fingerprint density at radius 1 is 1.03 bits per heavy atom. The van der Waals surface area contributed by atoms with Crippen molar-refractivity contribution >= 4 is 10.0 Å². The second-order valence-electron chi connectivity index (χ2n) is 8.10. The highest BCUT2D eigenvalue weighted by Crippen LogP contribution is 2.29. The van der Waals surface area contributed by atoms with Crippen LogP contribution in [0.5, 0.6) is 0 Å². The third kappa shape index (κ3) is 4.21. The van der Waals surface area contributed by atoms with Crippen molar-refractivity contribution in [2.24, 2.45) is 0 Å². The van der Waals surface area contributed by atoms with E-state index in [4.69, 9.17) is 4.42 Å². The Morgan fingerprint density at radius 2 is 1.73 bits per heavy atom. The molecule has 0 bridgehead atoms. The molecule has 0 radical (unpaired) electrons. The lowest BCUT2D eigenvalue weighted by molar-refractivity contribution is 0.160. The van der Waals surface area contributed by atoms with Crippen LogP contribution in [0.1, 0.15) is 39.6 Å². The number of furan rings is 1. The molecule has 158 valence electrons. The number of hydrogen-bond donors (Lipinski definition) is 1. The van der Waals surface area contributed by atoms with Gasteiger partial charge in [0.2, 0.25) is 10.0 Å². The van der Waals surface area contributed by atoms with Crippen LogP contribution in [0.2, 0.25) is 0 Å². The van der Waals surface area contributed by atoms with E-state index in [2.05, 4.69) is 33.9 Å². The number of rotatable bonds is 6. The molecule has 0 saturated carbocycles. The Bertz CT molecular complexity index is 1110. The van der Waals surface area contributed by atoms with Gasteiger partial charge in [0.05, 0.1) is 17.2 Å². The van der Waals surface area contributed by atoms with E-state index < -0.39 is 10.0 Å². The molecule has 3 aromatic rings. The van der Waals surface area contributed by atoms with E-state index in [9.17, 15) is 8.42 Å². The molecule has 1 aliphatic heterocycles. The highest BCUT2D eigenvalue weighted by molar-refractivity contribution is 7.89. The second-order valence-corrected chi connectivity index (χ2v) is 9.80. The SMILES string of the molecule is Cc1cc(C)c(S(=O)(=O)NC[C@@H](c2ccco2)N2CCc3ccccc3C2)c(C)c1. The predicted molar refractivity (Wildman–Crippen MR) is 118 cm³/mol. The summed E-state index contributed by atoms with van der Waals surface area (Å²) in [4.78, 5) is 2.66. The summed E-state index contributed by atoms with van der Waals surface area (Å²) < 4.78 is 34.9. The zero-order valence-electron chi connectivity index (χ0n) is 17.7. The minimum Gasteiger partial charge on any atom is -0.468 e.